The molecule has 2 bridgehead atoms. The van der Waals surface area contributed by atoms with Crippen LogP contribution in [-0.2, 0) is 9.59 Å². The summed E-state index contributed by atoms with van der Waals surface area (Å²) in [5.74, 6) is 0.364. The van der Waals surface area contributed by atoms with Gasteiger partial charge in [0, 0.05) is 11.6 Å². The quantitative estimate of drug-likeness (QED) is 0.266. The van der Waals surface area contributed by atoms with Crippen LogP contribution in [0.3, 0.4) is 0 Å². The van der Waals surface area contributed by atoms with Crippen molar-refractivity contribution in [1.82, 2.24) is 5.01 Å². The molecule has 0 aromatic heterocycles. The van der Waals surface area contributed by atoms with Gasteiger partial charge in [-0.2, -0.15) is 10.1 Å². The van der Waals surface area contributed by atoms with Crippen LogP contribution in [-0.4, -0.2) is 35.1 Å². The topological polar surface area (TPSA) is 102 Å². The normalized spacial score (nSPS) is 35.5. The average molecular weight is 367 g/mol. The summed E-state index contributed by atoms with van der Waals surface area (Å²) in [6.07, 6.45) is 6.63. The first-order chi connectivity index (χ1) is 13.0. The number of rotatable bonds is 4. The maximum absolute atomic E-state index is 12.8. The molecule has 5 aliphatic rings. The highest BCUT2D eigenvalue weighted by atomic mass is 16.6. The van der Waals surface area contributed by atoms with Crippen molar-refractivity contribution < 1.29 is 19.2 Å². The van der Waals surface area contributed by atoms with Crippen LogP contribution in [0.4, 0.5) is 5.69 Å². The number of carbonyl (C=O) groups excluding carboxylic acids is 2. The van der Waals surface area contributed by atoms with E-state index in [0.29, 0.717) is 17.4 Å². The Balaban J connectivity index is 1.42. The molecular weight excluding hydrogens is 350 g/mol. The number of ether oxygens (including phenoxy) is 1. The molecule has 1 aromatic carbocycles. The Bertz CT molecular complexity index is 903. The number of hydrazone groups is 1. The highest BCUT2D eigenvalue weighted by molar-refractivity contribution is 6.06. The molecule has 2 amide bonds. The third kappa shape index (κ3) is 2.19. The van der Waals surface area contributed by atoms with Gasteiger partial charge in [-0.05, 0) is 42.2 Å². The molecule has 0 spiro atoms. The third-order valence-corrected chi connectivity index (χ3v) is 6.36. The molecular formula is C19H17N3O5. The van der Waals surface area contributed by atoms with E-state index in [2.05, 4.69) is 17.3 Å². The number of methoxy groups -OCH3 is 1. The van der Waals surface area contributed by atoms with Gasteiger partial charge in [0.15, 0.2) is 5.75 Å². The van der Waals surface area contributed by atoms with Crippen molar-refractivity contribution >= 4 is 23.7 Å². The molecule has 0 unspecified atom stereocenters. The van der Waals surface area contributed by atoms with Crippen LogP contribution in [0.15, 0.2) is 35.5 Å². The fourth-order valence-corrected chi connectivity index (χ4v) is 5.11. The molecule has 6 rings (SSSR count). The first kappa shape index (κ1) is 16.2. The van der Waals surface area contributed by atoms with Gasteiger partial charge in [0.05, 0.1) is 30.1 Å². The van der Waals surface area contributed by atoms with Crippen LogP contribution in [0.5, 0.6) is 5.75 Å². The fraction of sp³-hybridized carbons (Fsp3) is 0.421. The number of imide groups is 1. The van der Waals surface area contributed by atoms with Crippen molar-refractivity contribution in [3.63, 3.8) is 0 Å². The van der Waals surface area contributed by atoms with Gasteiger partial charge in [0.2, 0.25) is 0 Å². The van der Waals surface area contributed by atoms with Crippen molar-refractivity contribution in [3.05, 3.63) is 46.0 Å². The minimum Gasteiger partial charge on any atom is -0.490 e. The van der Waals surface area contributed by atoms with Crippen LogP contribution in [0.2, 0.25) is 0 Å². The molecule has 4 aliphatic carbocycles. The molecule has 0 N–H and O–H groups in total. The van der Waals surface area contributed by atoms with E-state index in [4.69, 9.17) is 4.74 Å². The van der Waals surface area contributed by atoms with E-state index in [9.17, 15) is 19.7 Å². The van der Waals surface area contributed by atoms with E-state index in [1.54, 1.807) is 6.07 Å². The van der Waals surface area contributed by atoms with Crippen molar-refractivity contribution in [3.8, 4) is 5.75 Å². The van der Waals surface area contributed by atoms with Gasteiger partial charge >= 0.3 is 5.69 Å². The van der Waals surface area contributed by atoms with E-state index in [1.165, 1.54) is 25.5 Å². The van der Waals surface area contributed by atoms with Gasteiger partial charge in [-0.3, -0.25) is 19.7 Å². The van der Waals surface area contributed by atoms with Crippen molar-refractivity contribution in [2.24, 2.45) is 40.6 Å². The van der Waals surface area contributed by atoms with E-state index < -0.39 is 4.92 Å². The van der Waals surface area contributed by atoms with Gasteiger partial charge in [0.25, 0.3) is 11.8 Å². The number of nitrogens with zero attached hydrogens (tertiary/aromatic N) is 3. The highest BCUT2D eigenvalue weighted by Crippen LogP contribution is 2.65. The van der Waals surface area contributed by atoms with Crippen LogP contribution in [0.1, 0.15) is 12.0 Å². The molecule has 1 aromatic rings. The zero-order chi connectivity index (χ0) is 18.9. The highest BCUT2D eigenvalue weighted by Gasteiger charge is 2.67. The molecule has 3 fully saturated rings. The number of nitro benzene ring substituents is 1. The number of hydrogen-bond acceptors (Lipinski definition) is 6. The second-order valence-electron chi connectivity index (χ2n) is 7.58. The molecule has 2 saturated carbocycles. The minimum absolute atomic E-state index is 0.137. The predicted octanol–water partition coefficient (Wildman–Crippen LogP) is 1.99. The lowest BCUT2D eigenvalue weighted by molar-refractivity contribution is -0.385. The maximum Gasteiger partial charge on any atom is 0.311 e. The molecule has 0 radical (unpaired) electrons. The third-order valence-electron chi connectivity index (χ3n) is 6.36. The Morgan fingerprint density at radius 3 is 2.37 bits per heavy atom. The van der Waals surface area contributed by atoms with Gasteiger partial charge in [-0.15, -0.1) is 0 Å². The lowest BCUT2D eigenvalue weighted by Crippen LogP contribution is -2.40. The number of benzene rings is 1. The second kappa shape index (κ2) is 5.48. The Kier molecular flexibility index (Phi) is 3.28. The molecule has 6 atom stereocenters. The summed E-state index contributed by atoms with van der Waals surface area (Å²) in [6, 6.07) is 4.36. The van der Waals surface area contributed by atoms with Crippen LogP contribution >= 0.6 is 0 Å². The predicted molar refractivity (Wildman–Crippen MR) is 93.8 cm³/mol. The summed E-state index contributed by atoms with van der Waals surface area (Å²) in [7, 11) is 1.35. The second-order valence-corrected chi connectivity index (χ2v) is 7.58. The Morgan fingerprint density at radius 1 is 1.19 bits per heavy atom. The fourth-order valence-electron chi connectivity index (χ4n) is 5.11. The summed E-state index contributed by atoms with van der Waals surface area (Å²) in [5, 5.41) is 16.2. The summed E-state index contributed by atoms with van der Waals surface area (Å²) < 4.78 is 4.97. The van der Waals surface area contributed by atoms with E-state index >= 15 is 0 Å². The van der Waals surface area contributed by atoms with Crippen LogP contribution < -0.4 is 4.74 Å². The molecule has 1 heterocycles. The van der Waals surface area contributed by atoms with Gasteiger partial charge < -0.3 is 4.74 Å². The molecule has 27 heavy (non-hydrogen) atoms. The Labute approximate surface area is 154 Å². The summed E-state index contributed by atoms with van der Waals surface area (Å²) in [5.41, 5.74) is 0.221. The number of carbonyl (C=O) groups is 2. The zero-order valence-corrected chi connectivity index (χ0v) is 14.5. The van der Waals surface area contributed by atoms with Crippen molar-refractivity contribution in [1.29, 1.82) is 0 Å². The number of hydrogen-bond donors (Lipinski definition) is 0. The Morgan fingerprint density at radius 2 is 1.81 bits per heavy atom. The summed E-state index contributed by atoms with van der Waals surface area (Å²) >= 11 is 0. The number of nitro groups is 1. The van der Waals surface area contributed by atoms with Gasteiger partial charge in [-0.1, -0.05) is 12.2 Å². The van der Waals surface area contributed by atoms with E-state index in [-0.39, 0.29) is 46.9 Å². The van der Waals surface area contributed by atoms with Gasteiger partial charge in [0.1, 0.15) is 0 Å². The zero-order valence-electron chi connectivity index (χ0n) is 14.5. The lowest BCUT2D eigenvalue weighted by atomic mass is 9.63. The molecule has 8 nitrogen and oxygen atoms in total. The molecule has 1 aliphatic heterocycles. The van der Waals surface area contributed by atoms with Crippen LogP contribution in [0, 0.1) is 45.6 Å². The largest absolute Gasteiger partial charge is 0.490 e. The maximum atomic E-state index is 12.8. The van der Waals surface area contributed by atoms with E-state index in [1.807, 2.05) is 0 Å². The number of allylic oxidation sites excluding steroid dienone is 2. The SMILES string of the molecule is COc1ccc(/C=N\N2C(=O)[C@@H]3[C@H]4C=C[C@@H]([C@@H]5C[C@@H]45)[C@H]3C2=O)cc1[N+](=O)[O-]. The first-order valence-corrected chi connectivity index (χ1v) is 8.94. The lowest BCUT2D eigenvalue weighted by Gasteiger charge is -2.37. The Hall–Kier alpha value is -3.03. The standard InChI is InChI=1S/C19H17N3O5/c1-27-15-5-2-9(6-14(15)22(25)26)8-20-21-18(23)16-10-3-4-11(13-7-12(10)13)17(16)19(21)24/h2-6,8,10-13,16-17H,7H2,1H3/b20-8-/t10-,11-,12-,13-,16+,17+/m0/s1. The van der Waals surface area contributed by atoms with Crippen LogP contribution in [0.25, 0.3) is 0 Å². The molecule has 138 valence electrons. The number of amides is 2. The molecule has 8 heteroatoms. The van der Waals surface area contributed by atoms with Crippen molar-refractivity contribution in [2.45, 2.75) is 6.42 Å². The monoisotopic (exact) mass is 367 g/mol. The summed E-state index contributed by atoms with van der Waals surface area (Å²) in [6.45, 7) is 0. The summed E-state index contributed by atoms with van der Waals surface area (Å²) in [4.78, 5) is 36.2. The first-order valence-electron chi connectivity index (χ1n) is 8.94. The molecule has 1 saturated heterocycles. The van der Waals surface area contributed by atoms with E-state index in [0.717, 1.165) is 11.4 Å². The average Bonchev–Trinajstić information content (AvgIpc) is 3.45. The smallest absolute Gasteiger partial charge is 0.311 e. The van der Waals surface area contributed by atoms with Gasteiger partial charge in [-0.25, -0.2) is 0 Å². The van der Waals surface area contributed by atoms with Crippen molar-refractivity contribution in [2.75, 3.05) is 7.11 Å². The minimum atomic E-state index is -0.549.